The van der Waals surface area contributed by atoms with Crippen LogP contribution in [0.5, 0.6) is 11.5 Å². The molecule has 8 nitrogen and oxygen atoms in total. The van der Waals surface area contributed by atoms with Crippen LogP contribution >= 0.6 is 0 Å². The molecular formula is C22H25NO7. The van der Waals surface area contributed by atoms with Gasteiger partial charge in [-0.2, -0.15) is 0 Å². The second-order valence-electron chi connectivity index (χ2n) is 6.88. The Hall–Kier alpha value is -3.42. The molecule has 1 aromatic carbocycles. The van der Waals surface area contributed by atoms with Crippen molar-refractivity contribution in [2.24, 2.45) is 5.92 Å². The van der Waals surface area contributed by atoms with E-state index in [1.165, 1.54) is 17.9 Å². The molecule has 2 rings (SSSR count). The summed E-state index contributed by atoms with van der Waals surface area (Å²) in [6.45, 7) is 5.28. The zero-order valence-electron chi connectivity index (χ0n) is 17.6. The van der Waals surface area contributed by atoms with Gasteiger partial charge in [0.15, 0.2) is 35.1 Å². The molecule has 1 aliphatic rings. The van der Waals surface area contributed by atoms with Crippen molar-refractivity contribution in [3.63, 3.8) is 0 Å². The van der Waals surface area contributed by atoms with Crippen LogP contribution < -0.4 is 9.47 Å². The van der Waals surface area contributed by atoms with Gasteiger partial charge < -0.3 is 19.1 Å². The first kappa shape index (κ1) is 22.9. The molecule has 0 N–H and O–H groups in total. The maximum Gasteiger partial charge on any atom is 0.329 e. The average Bonchev–Trinajstić information content (AvgIpc) is 2.66. The first-order valence-corrected chi connectivity index (χ1v) is 9.44. The first-order chi connectivity index (χ1) is 14.1. The van der Waals surface area contributed by atoms with Gasteiger partial charge in [0.1, 0.15) is 5.76 Å². The summed E-state index contributed by atoms with van der Waals surface area (Å²) in [5.41, 5.74) is 0.592. The molecule has 1 amide bonds. The molecule has 1 aromatic rings. The van der Waals surface area contributed by atoms with E-state index < -0.39 is 29.6 Å². The van der Waals surface area contributed by atoms with Crippen molar-refractivity contribution in [1.29, 1.82) is 0 Å². The quantitative estimate of drug-likeness (QED) is 0.364. The van der Waals surface area contributed by atoms with Crippen molar-refractivity contribution in [2.75, 3.05) is 20.7 Å². The number of hydrogen-bond acceptors (Lipinski definition) is 7. The number of esters is 1. The molecule has 0 radical (unpaired) electrons. The van der Waals surface area contributed by atoms with Crippen molar-refractivity contribution >= 4 is 29.5 Å². The van der Waals surface area contributed by atoms with Gasteiger partial charge in [0.05, 0.1) is 6.61 Å². The zero-order chi connectivity index (χ0) is 22.4. The third kappa shape index (κ3) is 5.56. The normalized spacial score (nSPS) is 17.2. The lowest BCUT2D eigenvalue weighted by Crippen LogP contribution is -2.35. The van der Waals surface area contributed by atoms with Crippen LogP contribution in [-0.4, -0.2) is 55.1 Å². The fraction of sp³-hybridized carbons (Fsp3) is 0.364. The summed E-state index contributed by atoms with van der Waals surface area (Å²) in [6, 6.07) is 4.93. The Kier molecular flexibility index (Phi) is 7.52. The number of ketones is 2. The number of ether oxygens (including phenoxy) is 3. The number of hydrogen-bond donors (Lipinski definition) is 0. The molecule has 30 heavy (non-hydrogen) atoms. The smallest absolute Gasteiger partial charge is 0.329 e. The van der Waals surface area contributed by atoms with E-state index in [1.807, 2.05) is 0 Å². The molecule has 160 valence electrons. The van der Waals surface area contributed by atoms with Gasteiger partial charge >= 0.3 is 5.97 Å². The van der Waals surface area contributed by atoms with Gasteiger partial charge in [0, 0.05) is 20.2 Å². The average molecular weight is 415 g/mol. The highest BCUT2D eigenvalue weighted by atomic mass is 16.5. The monoisotopic (exact) mass is 415 g/mol. The van der Waals surface area contributed by atoms with Crippen LogP contribution in [0.2, 0.25) is 0 Å². The molecule has 0 bridgehead atoms. The lowest BCUT2D eigenvalue weighted by Gasteiger charge is -2.20. The third-order valence-electron chi connectivity index (χ3n) is 4.21. The minimum atomic E-state index is -1.49. The number of carbonyl (C=O) groups is 4. The lowest BCUT2D eigenvalue weighted by atomic mass is 9.96. The number of cyclic esters (lactones) is 1. The van der Waals surface area contributed by atoms with Crippen LogP contribution in [-0.2, 0) is 23.9 Å². The number of likely N-dealkylation sites (N-methyl/N-ethyl adjacent to an activating group) is 1. The molecule has 1 aliphatic heterocycles. The van der Waals surface area contributed by atoms with Crippen LogP contribution in [0.25, 0.3) is 6.08 Å². The zero-order valence-corrected chi connectivity index (χ0v) is 17.6. The van der Waals surface area contributed by atoms with Gasteiger partial charge in [-0.25, -0.2) is 0 Å². The summed E-state index contributed by atoms with van der Waals surface area (Å²) in [7, 11) is 3.28. The van der Waals surface area contributed by atoms with E-state index in [1.54, 1.807) is 46.1 Å². The molecule has 0 fully saturated rings. The summed E-state index contributed by atoms with van der Waals surface area (Å²) in [5.74, 6) is -2.89. The summed E-state index contributed by atoms with van der Waals surface area (Å²) in [4.78, 5) is 49.6. The second-order valence-corrected chi connectivity index (χ2v) is 6.88. The van der Waals surface area contributed by atoms with Gasteiger partial charge in [0.25, 0.3) is 5.91 Å². The molecule has 2 atom stereocenters. The first-order valence-electron chi connectivity index (χ1n) is 9.44. The van der Waals surface area contributed by atoms with Crippen molar-refractivity contribution in [1.82, 2.24) is 4.90 Å². The molecule has 8 heteroatoms. The number of nitrogens with zero attached hydrogens (tertiary/aromatic N) is 1. The Morgan fingerprint density at radius 2 is 1.93 bits per heavy atom. The summed E-state index contributed by atoms with van der Waals surface area (Å²) in [6.07, 6.45) is 3.05. The Labute approximate surface area is 175 Å². The fourth-order valence-corrected chi connectivity index (χ4v) is 2.78. The van der Waals surface area contributed by atoms with Gasteiger partial charge in [-0.15, -0.1) is 0 Å². The molecule has 0 aromatic heterocycles. The number of benzene rings is 1. The minimum absolute atomic E-state index is 0.164. The van der Waals surface area contributed by atoms with Gasteiger partial charge in [-0.3, -0.25) is 19.2 Å². The lowest BCUT2D eigenvalue weighted by molar-refractivity contribution is -0.151. The van der Waals surface area contributed by atoms with E-state index >= 15 is 0 Å². The van der Waals surface area contributed by atoms with Crippen molar-refractivity contribution in [3.8, 4) is 11.5 Å². The third-order valence-corrected chi connectivity index (χ3v) is 4.21. The van der Waals surface area contributed by atoms with Gasteiger partial charge in [-0.1, -0.05) is 12.1 Å². The molecule has 0 spiro atoms. The van der Waals surface area contributed by atoms with Crippen LogP contribution in [0.1, 0.15) is 26.3 Å². The van der Waals surface area contributed by atoms with Crippen LogP contribution in [0.15, 0.2) is 36.1 Å². The second kappa shape index (κ2) is 9.87. The fourth-order valence-electron chi connectivity index (χ4n) is 2.78. The molecule has 0 aliphatic carbocycles. The predicted octanol–water partition coefficient (Wildman–Crippen LogP) is 2.17. The summed E-state index contributed by atoms with van der Waals surface area (Å²) in [5, 5.41) is 0. The van der Waals surface area contributed by atoms with E-state index in [4.69, 9.17) is 14.2 Å². The molecule has 0 saturated carbocycles. The van der Waals surface area contributed by atoms with Crippen molar-refractivity contribution < 1.29 is 33.4 Å². The number of allylic oxidation sites excluding steroid dienone is 3. The SMILES string of the molecule is CCOc1cc(C=CC(=O)C2C(=O)C=C(C)OC2=O)ccc1OC(C)C(=O)N(C)C. The maximum absolute atomic E-state index is 12.3. The standard InChI is InChI=1S/C22H25NO7/c1-6-28-19-12-15(8-10-18(19)30-14(3)21(26)23(4)5)7-9-16(24)20-17(25)11-13(2)29-22(20)27/h7-12,14,20H,6H2,1-5H3. The minimum Gasteiger partial charge on any atom is -0.490 e. The van der Waals surface area contributed by atoms with E-state index in [0.29, 0.717) is 23.7 Å². The highest BCUT2D eigenvalue weighted by Gasteiger charge is 2.36. The highest BCUT2D eigenvalue weighted by Crippen LogP contribution is 2.30. The predicted molar refractivity (Wildman–Crippen MR) is 109 cm³/mol. The topological polar surface area (TPSA) is 99.2 Å². The van der Waals surface area contributed by atoms with E-state index in [9.17, 15) is 19.2 Å². The Morgan fingerprint density at radius 3 is 2.53 bits per heavy atom. The van der Waals surface area contributed by atoms with Gasteiger partial charge in [-0.05, 0) is 44.5 Å². The summed E-state index contributed by atoms with van der Waals surface area (Å²) < 4.78 is 16.2. The van der Waals surface area contributed by atoms with Gasteiger partial charge in [0.2, 0.25) is 0 Å². The summed E-state index contributed by atoms with van der Waals surface area (Å²) >= 11 is 0. The molecular weight excluding hydrogens is 390 g/mol. The number of rotatable bonds is 8. The maximum atomic E-state index is 12.3. The number of amides is 1. The molecule has 1 heterocycles. The van der Waals surface area contributed by atoms with Crippen molar-refractivity contribution in [2.45, 2.75) is 26.9 Å². The molecule has 2 unspecified atom stereocenters. The number of carbonyl (C=O) groups excluding carboxylic acids is 4. The van der Waals surface area contributed by atoms with Crippen molar-refractivity contribution in [3.05, 3.63) is 41.7 Å². The largest absolute Gasteiger partial charge is 0.490 e. The molecule has 0 saturated heterocycles. The van der Waals surface area contributed by atoms with E-state index in [0.717, 1.165) is 12.2 Å². The van der Waals surface area contributed by atoms with Crippen LogP contribution in [0.3, 0.4) is 0 Å². The highest BCUT2D eigenvalue weighted by molar-refractivity contribution is 6.25. The Morgan fingerprint density at radius 1 is 1.23 bits per heavy atom. The Balaban J connectivity index is 2.19. The Bertz CT molecular complexity index is 914. The van der Waals surface area contributed by atoms with Crippen LogP contribution in [0, 0.1) is 5.92 Å². The van der Waals surface area contributed by atoms with Crippen LogP contribution in [0.4, 0.5) is 0 Å². The van der Waals surface area contributed by atoms with E-state index in [-0.39, 0.29) is 11.7 Å². The van der Waals surface area contributed by atoms with E-state index in [2.05, 4.69) is 0 Å².